The molecule has 5 heteroatoms. The number of halogens is 1. The summed E-state index contributed by atoms with van der Waals surface area (Å²) in [5.74, 6) is -1.43. The standard InChI is InChI=1S/C20H37BrO4/c21-18(20(24)25)16-14-12-10-8-6-4-2-1-3-5-7-9-11-13-15-17-19(22)23/h18H,1-17H2,(H,22,23)(H,24,25). The van der Waals surface area contributed by atoms with Gasteiger partial charge in [-0.2, -0.15) is 0 Å². The van der Waals surface area contributed by atoms with Crippen LogP contribution in [0.2, 0.25) is 0 Å². The van der Waals surface area contributed by atoms with E-state index in [0.717, 1.165) is 32.1 Å². The van der Waals surface area contributed by atoms with E-state index in [9.17, 15) is 9.59 Å². The van der Waals surface area contributed by atoms with Gasteiger partial charge in [-0.15, -0.1) is 0 Å². The molecule has 0 spiro atoms. The van der Waals surface area contributed by atoms with Crippen molar-refractivity contribution in [2.75, 3.05) is 0 Å². The van der Waals surface area contributed by atoms with Crippen LogP contribution in [0.5, 0.6) is 0 Å². The van der Waals surface area contributed by atoms with E-state index in [1.807, 2.05) is 0 Å². The predicted molar refractivity (Wildman–Crippen MR) is 106 cm³/mol. The molecular weight excluding hydrogens is 384 g/mol. The molecule has 0 saturated carbocycles. The van der Waals surface area contributed by atoms with Crippen LogP contribution >= 0.6 is 15.9 Å². The molecule has 0 amide bonds. The van der Waals surface area contributed by atoms with Crippen LogP contribution in [-0.4, -0.2) is 27.0 Å². The fourth-order valence-corrected chi connectivity index (χ4v) is 3.35. The molecule has 0 bridgehead atoms. The maximum Gasteiger partial charge on any atom is 0.317 e. The molecule has 2 N–H and O–H groups in total. The molecule has 0 aromatic carbocycles. The van der Waals surface area contributed by atoms with E-state index in [-0.39, 0.29) is 4.83 Å². The van der Waals surface area contributed by atoms with Crippen molar-refractivity contribution in [3.05, 3.63) is 0 Å². The number of carboxylic acid groups (broad SMARTS) is 2. The number of hydrogen-bond acceptors (Lipinski definition) is 2. The Hall–Kier alpha value is -0.580. The molecule has 0 fully saturated rings. The van der Waals surface area contributed by atoms with E-state index < -0.39 is 11.9 Å². The molecule has 148 valence electrons. The van der Waals surface area contributed by atoms with Crippen molar-refractivity contribution in [2.45, 2.75) is 114 Å². The third-order valence-corrected chi connectivity index (χ3v) is 5.47. The highest BCUT2D eigenvalue weighted by molar-refractivity contribution is 9.10. The van der Waals surface area contributed by atoms with Gasteiger partial charge in [-0.25, -0.2) is 0 Å². The summed E-state index contributed by atoms with van der Waals surface area (Å²) >= 11 is 3.17. The Morgan fingerprint density at radius 2 is 0.920 bits per heavy atom. The minimum atomic E-state index is -0.752. The minimum Gasteiger partial charge on any atom is -0.481 e. The first-order valence-corrected chi connectivity index (χ1v) is 11.0. The van der Waals surface area contributed by atoms with Crippen molar-refractivity contribution in [1.29, 1.82) is 0 Å². The average molecular weight is 421 g/mol. The molecule has 0 aromatic rings. The Morgan fingerprint density at radius 1 is 0.600 bits per heavy atom. The lowest BCUT2D eigenvalue weighted by Gasteiger charge is -2.05. The highest BCUT2D eigenvalue weighted by Crippen LogP contribution is 2.15. The van der Waals surface area contributed by atoms with Crippen molar-refractivity contribution in [1.82, 2.24) is 0 Å². The van der Waals surface area contributed by atoms with Gasteiger partial charge in [-0.1, -0.05) is 106 Å². The van der Waals surface area contributed by atoms with Crippen LogP contribution < -0.4 is 0 Å². The summed E-state index contributed by atoms with van der Waals surface area (Å²) < 4.78 is 0. The lowest BCUT2D eigenvalue weighted by atomic mass is 10.0. The van der Waals surface area contributed by atoms with Crippen molar-refractivity contribution in [2.24, 2.45) is 0 Å². The van der Waals surface area contributed by atoms with Gasteiger partial charge in [0.1, 0.15) is 4.83 Å². The molecule has 0 heterocycles. The molecule has 0 aliphatic carbocycles. The number of hydrogen-bond donors (Lipinski definition) is 2. The molecule has 0 aliphatic rings. The van der Waals surface area contributed by atoms with Gasteiger partial charge >= 0.3 is 11.9 Å². The SMILES string of the molecule is O=C(O)CCCCCCCCCCCCCCCCCC(Br)C(=O)O. The maximum absolute atomic E-state index is 10.6. The molecule has 1 atom stereocenters. The van der Waals surface area contributed by atoms with E-state index in [0.29, 0.717) is 6.42 Å². The smallest absolute Gasteiger partial charge is 0.317 e. The van der Waals surface area contributed by atoms with Gasteiger partial charge in [0.05, 0.1) is 0 Å². The summed E-state index contributed by atoms with van der Waals surface area (Å²) in [5, 5.41) is 17.3. The molecule has 0 saturated heterocycles. The lowest BCUT2D eigenvalue weighted by molar-refractivity contribution is -0.137. The molecule has 4 nitrogen and oxygen atoms in total. The molecule has 0 aliphatic heterocycles. The number of unbranched alkanes of at least 4 members (excludes halogenated alkanes) is 14. The summed E-state index contributed by atoms with van der Waals surface area (Å²) in [4.78, 5) is 20.6. The maximum atomic E-state index is 10.6. The second-order valence-corrected chi connectivity index (χ2v) is 8.15. The largest absolute Gasteiger partial charge is 0.481 e. The predicted octanol–water partition coefficient (Wildman–Crippen LogP) is 6.55. The monoisotopic (exact) mass is 420 g/mol. The van der Waals surface area contributed by atoms with Crippen molar-refractivity contribution >= 4 is 27.9 Å². The second kappa shape index (κ2) is 18.2. The van der Waals surface area contributed by atoms with Gasteiger partial charge in [-0.05, 0) is 12.8 Å². The zero-order chi connectivity index (χ0) is 18.8. The third kappa shape index (κ3) is 19.6. The number of carbonyl (C=O) groups is 2. The summed E-state index contributed by atoms with van der Waals surface area (Å²) in [5.41, 5.74) is 0. The molecule has 0 rings (SSSR count). The van der Waals surface area contributed by atoms with Gasteiger partial charge in [0, 0.05) is 6.42 Å². The Kier molecular flexibility index (Phi) is 17.8. The highest BCUT2D eigenvalue weighted by Gasteiger charge is 2.11. The Bertz CT molecular complexity index is 334. The van der Waals surface area contributed by atoms with Crippen LogP contribution in [0.3, 0.4) is 0 Å². The lowest BCUT2D eigenvalue weighted by Crippen LogP contribution is -2.11. The highest BCUT2D eigenvalue weighted by atomic mass is 79.9. The minimum absolute atomic E-state index is 0.319. The summed E-state index contributed by atoms with van der Waals surface area (Å²) in [6.45, 7) is 0. The van der Waals surface area contributed by atoms with Gasteiger partial charge in [0.2, 0.25) is 0 Å². The van der Waals surface area contributed by atoms with Crippen LogP contribution in [0, 0.1) is 0 Å². The number of aliphatic carboxylic acids is 2. The normalized spacial score (nSPS) is 12.2. The molecular formula is C20H37BrO4. The zero-order valence-electron chi connectivity index (χ0n) is 15.7. The van der Waals surface area contributed by atoms with Crippen molar-refractivity contribution < 1.29 is 19.8 Å². The van der Waals surface area contributed by atoms with E-state index in [1.165, 1.54) is 70.6 Å². The number of rotatable bonds is 19. The van der Waals surface area contributed by atoms with Crippen molar-refractivity contribution in [3.8, 4) is 0 Å². The Morgan fingerprint density at radius 3 is 1.24 bits per heavy atom. The summed E-state index contributed by atoms with van der Waals surface area (Å²) in [7, 11) is 0. The quantitative estimate of drug-likeness (QED) is 0.183. The van der Waals surface area contributed by atoms with E-state index in [1.54, 1.807) is 0 Å². The van der Waals surface area contributed by atoms with E-state index in [4.69, 9.17) is 10.2 Å². The van der Waals surface area contributed by atoms with Crippen LogP contribution in [0.25, 0.3) is 0 Å². The molecule has 0 radical (unpaired) electrons. The first-order chi connectivity index (χ1) is 12.0. The van der Waals surface area contributed by atoms with E-state index in [2.05, 4.69) is 15.9 Å². The van der Waals surface area contributed by atoms with Crippen molar-refractivity contribution in [3.63, 3.8) is 0 Å². The van der Waals surface area contributed by atoms with Gasteiger partial charge < -0.3 is 10.2 Å². The third-order valence-electron chi connectivity index (χ3n) is 4.62. The number of carboxylic acids is 2. The first kappa shape index (κ1) is 24.4. The van der Waals surface area contributed by atoms with Gasteiger partial charge in [0.25, 0.3) is 0 Å². The first-order valence-electron chi connectivity index (χ1n) is 10.1. The second-order valence-electron chi connectivity index (χ2n) is 7.04. The Balaban J connectivity index is 3.07. The number of alkyl halides is 1. The van der Waals surface area contributed by atoms with Crippen LogP contribution in [0.15, 0.2) is 0 Å². The topological polar surface area (TPSA) is 74.6 Å². The van der Waals surface area contributed by atoms with Gasteiger partial charge in [0.15, 0.2) is 0 Å². The molecule has 1 unspecified atom stereocenters. The van der Waals surface area contributed by atoms with Crippen LogP contribution in [0.4, 0.5) is 0 Å². The van der Waals surface area contributed by atoms with Gasteiger partial charge in [-0.3, -0.25) is 9.59 Å². The fourth-order valence-electron chi connectivity index (χ4n) is 3.02. The molecule has 0 aromatic heterocycles. The van der Waals surface area contributed by atoms with Crippen LogP contribution in [-0.2, 0) is 9.59 Å². The Labute approximate surface area is 161 Å². The molecule has 25 heavy (non-hydrogen) atoms. The summed E-state index contributed by atoms with van der Waals surface area (Å²) in [6, 6.07) is 0. The average Bonchev–Trinajstić information content (AvgIpc) is 2.57. The summed E-state index contributed by atoms with van der Waals surface area (Å²) in [6.07, 6.45) is 19.2. The zero-order valence-corrected chi connectivity index (χ0v) is 17.3. The van der Waals surface area contributed by atoms with E-state index >= 15 is 0 Å². The fraction of sp³-hybridized carbons (Fsp3) is 0.900. The van der Waals surface area contributed by atoms with Crippen LogP contribution in [0.1, 0.15) is 109 Å².